The summed E-state index contributed by atoms with van der Waals surface area (Å²) < 4.78 is 10.6. The van der Waals surface area contributed by atoms with E-state index in [-0.39, 0.29) is 24.0 Å². The zero-order valence-corrected chi connectivity index (χ0v) is 14.4. The number of hydrogen-bond acceptors (Lipinski definition) is 5. The number of nitro benzene ring substituents is 1. The molecular weight excluding hydrogens is 324 g/mol. The Labute approximate surface area is 145 Å². The quantitative estimate of drug-likeness (QED) is 0.570. The van der Waals surface area contributed by atoms with Gasteiger partial charge in [0.05, 0.1) is 18.1 Å². The zero-order valence-electron chi connectivity index (χ0n) is 14.4. The van der Waals surface area contributed by atoms with Gasteiger partial charge in [-0.3, -0.25) is 14.9 Å². The van der Waals surface area contributed by atoms with Crippen LogP contribution in [0.2, 0.25) is 0 Å². The third-order valence-electron chi connectivity index (χ3n) is 3.80. The molecule has 0 aliphatic rings. The maximum atomic E-state index is 12.3. The van der Waals surface area contributed by atoms with Crippen LogP contribution in [0.1, 0.15) is 11.1 Å². The molecule has 0 heterocycles. The van der Waals surface area contributed by atoms with E-state index in [1.54, 1.807) is 11.9 Å². The van der Waals surface area contributed by atoms with Gasteiger partial charge in [-0.1, -0.05) is 24.3 Å². The van der Waals surface area contributed by atoms with E-state index in [1.807, 2.05) is 31.2 Å². The summed E-state index contributed by atoms with van der Waals surface area (Å²) in [6.07, 6.45) is 0. The first-order chi connectivity index (χ1) is 11.9. The first-order valence-electron chi connectivity index (χ1n) is 7.66. The van der Waals surface area contributed by atoms with Crippen LogP contribution >= 0.6 is 0 Å². The molecule has 2 rings (SSSR count). The number of likely N-dealkylation sites (N-methyl/N-ethyl adjacent to an activating group) is 1. The highest BCUT2D eigenvalue weighted by atomic mass is 16.6. The molecule has 0 aliphatic heterocycles. The van der Waals surface area contributed by atoms with Crippen LogP contribution in [0.15, 0.2) is 42.5 Å². The number of rotatable bonds is 7. The predicted molar refractivity (Wildman–Crippen MR) is 92.8 cm³/mol. The van der Waals surface area contributed by atoms with E-state index in [0.717, 1.165) is 11.1 Å². The molecule has 0 radical (unpaired) electrons. The van der Waals surface area contributed by atoms with Crippen LogP contribution in [-0.4, -0.2) is 36.5 Å². The number of amides is 1. The van der Waals surface area contributed by atoms with Gasteiger partial charge >= 0.3 is 0 Å². The van der Waals surface area contributed by atoms with Crippen molar-refractivity contribution in [2.45, 2.75) is 13.5 Å². The van der Waals surface area contributed by atoms with E-state index in [9.17, 15) is 14.9 Å². The minimum absolute atomic E-state index is 0.128. The van der Waals surface area contributed by atoms with Crippen molar-refractivity contribution in [1.29, 1.82) is 0 Å². The fourth-order valence-corrected chi connectivity index (χ4v) is 2.27. The second-order valence-electron chi connectivity index (χ2n) is 5.56. The first kappa shape index (κ1) is 18.3. The van der Waals surface area contributed by atoms with Gasteiger partial charge in [0.2, 0.25) is 0 Å². The highest BCUT2D eigenvalue weighted by Gasteiger charge is 2.16. The van der Waals surface area contributed by atoms with E-state index in [1.165, 1.54) is 25.3 Å². The van der Waals surface area contributed by atoms with Crippen molar-refractivity contribution in [2.75, 3.05) is 20.8 Å². The molecular formula is C18H20N2O5. The number of ether oxygens (including phenoxy) is 2. The molecule has 7 nitrogen and oxygen atoms in total. The molecule has 0 aromatic heterocycles. The second-order valence-corrected chi connectivity index (χ2v) is 5.56. The molecule has 2 aromatic carbocycles. The summed E-state index contributed by atoms with van der Waals surface area (Å²) >= 11 is 0. The van der Waals surface area contributed by atoms with Crippen molar-refractivity contribution in [3.05, 3.63) is 63.7 Å². The summed E-state index contributed by atoms with van der Waals surface area (Å²) in [7, 11) is 3.11. The van der Waals surface area contributed by atoms with E-state index in [4.69, 9.17) is 9.47 Å². The molecule has 0 bridgehead atoms. The Hall–Kier alpha value is -3.09. The lowest BCUT2D eigenvalue weighted by Gasteiger charge is -2.19. The van der Waals surface area contributed by atoms with E-state index < -0.39 is 4.92 Å². The first-order valence-corrected chi connectivity index (χ1v) is 7.66. The van der Waals surface area contributed by atoms with Gasteiger partial charge in [-0.05, 0) is 24.1 Å². The second kappa shape index (κ2) is 8.14. The smallest absolute Gasteiger partial charge is 0.273 e. The number of benzene rings is 2. The van der Waals surface area contributed by atoms with Crippen molar-refractivity contribution in [1.82, 2.24) is 4.90 Å². The topological polar surface area (TPSA) is 81.9 Å². The highest BCUT2D eigenvalue weighted by molar-refractivity contribution is 5.77. The van der Waals surface area contributed by atoms with Gasteiger partial charge in [0.15, 0.2) is 18.1 Å². The lowest BCUT2D eigenvalue weighted by atomic mass is 10.1. The zero-order chi connectivity index (χ0) is 18.4. The van der Waals surface area contributed by atoms with Gasteiger partial charge in [0, 0.05) is 19.7 Å². The van der Waals surface area contributed by atoms with Gasteiger partial charge in [0.25, 0.3) is 11.6 Å². The maximum Gasteiger partial charge on any atom is 0.273 e. The lowest BCUT2D eigenvalue weighted by Crippen LogP contribution is -2.31. The van der Waals surface area contributed by atoms with Crippen LogP contribution in [0, 0.1) is 17.0 Å². The Kier molecular flexibility index (Phi) is 5.94. The summed E-state index contributed by atoms with van der Waals surface area (Å²) in [6, 6.07) is 11.8. The van der Waals surface area contributed by atoms with Gasteiger partial charge in [0.1, 0.15) is 0 Å². The Morgan fingerprint density at radius 1 is 1.20 bits per heavy atom. The van der Waals surface area contributed by atoms with Crippen molar-refractivity contribution in [2.24, 2.45) is 0 Å². The molecule has 7 heteroatoms. The Balaban J connectivity index is 2.03. The average molecular weight is 344 g/mol. The van der Waals surface area contributed by atoms with Gasteiger partial charge in [-0.2, -0.15) is 0 Å². The Morgan fingerprint density at radius 3 is 2.56 bits per heavy atom. The summed E-state index contributed by atoms with van der Waals surface area (Å²) in [5.74, 6) is 0.256. The van der Waals surface area contributed by atoms with E-state index in [2.05, 4.69) is 0 Å². The fraction of sp³-hybridized carbons (Fsp3) is 0.278. The predicted octanol–water partition coefficient (Wildman–Crippen LogP) is 2.95. The largest absolute Gasteiger partial charge is 0.493 e. The minimum atomic E-state index is -0.529. The molecule has 0 aliphatic carbocycles. The number of nitrogens with zero attached hydrogens (tertiary/aromatic N) is 2. The van der Waals surface area contributed by atoms with Crippen LogP contribution < -0.4 is 9.47 Å². The van der Waals surface area contributed by atoms with Gasteiger partial charge < -0.3 is 14.4 Å². The fourth-order valence-electron chi connectivity index (χ4n) is 2.27. The Bertz CT molecular complexity index is 776. The summed E-state index contributed by atoms with van der Waals surface area (Å²) in [6.45, 7) is 2.21. The molecule has 0 spiro atoms. The number of methoxy groups -OCH3 is 1. The average Bonchev–Trinajstić information content (AvgIpc) is 2.61. The summed E-state index contributed by atoms with van der Waals surface area (Å²) in [4.78, 5) is 24.2. The van der Waals surface area contributed by atoms with Crippen molar-refractivity contribution >= 4 is 11.6 Å². The molecule has 0 unspecified atom stereocenters. The molecule has 0 fully saturated rings. The van der Waals surface area contributed by atoms with Crippen LogP contribution in [0.3, 0.4) is 0 Å². The number of nitro groups is 1. The lowest BCUT2D eigenvalue weighted by molar-refractivity contribution is -0.385. The molecule has 0 N–H and O–H groups in total. The molecule has 132 valence electrons. The van der Waals surface area contributed by atoms with Crippen molar-refractivity contribution in [3.8, 4) is 11.5 Å². The number of non-ortho nitro benzene ring substituents is 1. The maximum absolute atomic E-state index is 12.3. The third kappa shape index (κ3) is 4.69. The van der Waals surface area contributed by atoms with Crippen LogP contribution in [-0.2, 0) is 11.3 Å². The number of carbonyl (C=O) groups is 1. The minimum Gasteiger partial charge on any atom is -0.493 e. The standard InChI is InChI=1S/C18H20N2O5/c1-13-6-4-5-7-14(13)11-19(2)18(21)12-25-17-10-15(20(22)23)8-9-16(17)24-3/h4-10H,11-12H2,1-3H3. The van der Waals surface area contributed by atoms with Gasteiger partial charge in [-0.15, -0.1) is 0 Å². The molecule has 2 aromatic rings. The highest BCUT2D eigenvalue weighted by Crippen LogP contribution is 2.31. The van der Waals surface area contributed by atoms with E-state index >= 15 is 0 Å². The molecule has 0 saturated carbocycles. The molecule has 25 heavy (non-hydrogen) atoms. The molecule has 0 atom stereocenters. The number of hydrogen-bond donors (Lipinski definition) is 0. The normalized spacial score (nSPS) is 10.2. The van der Waals surface area contributed by atoms with E-state index in [0.29, 0.717) is 12.3 Å². The van der Waals surface area contributed by atoms with Crippen LogP contribution in [0.5, 0.6) is 11.5 Å². The summed E-state index contributed by atoms with van der Waals surface area (Å²) in [5, 5.41) is 10.9. The number of carbonyl (C=O) groups excluding carboxylic acids is 1. The van der Waals surface area contributed by atoms with Crippen LogP contribution in [0.25, 0.3) is 0 Å². The summed E-state index contributed by atoms with van der Waals surface area (Å²) in [5.41, 5.74) is 2.02. The molecule has 0 saturated heterocycles. The number of aryl methyl sites for hydroxylation is 1. The monoisotopic (exact) mass is 344 g/mol. The van der Waals surface area contributed by atoms with Crippen LogP contribution in [0.4, 0.5) is 5.69 Å². The Morgan fingerprint density at radius 2 is 1.92 bits per heavy atom. The van der Waals surface area contributed by atoms with Crippen molar-refractivity contribution < 1.29 is 19.2 Å². The van der Waals surface area contributed by atoms with Gasteiger partial charge in [-0.25, -0.2) is 0 Å². The third-order valence-corrected chi connectivity index (χ3v) is 3.80. The van der Waals surface area contributed by atoms with Crippen molar-refractivity contribution in [3.63, 3.8) is 0 Å². The molecule has 1 amide bonds. The SMILES string of the molecule is COc1ccc([N+](=O)[O-])cc1OCC(=O)N(C)Cc1ccccc1C.